The van der Waals surface area contributed by atoms with E-state index >= 15 is 0 Å². The minimum atomic E-state index is -0.898. The van der Waals surface area contributed by atoms with E-state index < -0.39 is 23.1 Å². The normalized spacial score (nSPS) is 14.2. The highest BCUT2D eigenvalue weighted by molar-refractivity contribution is 6.04. The fraction of sp³-hybridized carbons (Fsp3) is 0.238. The van der Waals surface area contributed by atoms with Crippen molar-refractivity contribution in [3.05, 3.63) is 70.8 Å². The number of rotatable bonds is 4. The molecule has 4 rings (SSSR count). The number of tetrazole rings is 1. The van der Waals surface area contributed by atoms with Crippen molar-refractivity contribution >= 4 is 23.1 Å². The molecule has 0 radical (unpaired) electrons. The molecule has 0 bridgehead atoms. The molecular weight excluding hydrogens is 390 g/mol. The number of carbonyl (C=O) groups is 1. The zero-order chi connectivity index (χ0) is 21.3. The van der Waals surface area contributed by atoms with Gasteiger partial charge in [0.15, 0.2) is 0 Å². The molecule has 2 heterocycles. The lowest BCUT2D eigenvalue weighted by atomic mass is 9.95. The van der Waals surface area contributed by atoms with Crippen LogP contribution in [-0.2, 0) is 7.05 Å². The van der Waals surface area contributed by atoms with Crippen molar-refractivity contribution in [2.45, 2.75) is 13.3 Å². The van der Waals surface area contributed by atoms with Gasteiger partial charge in [-0.15, -0.1) is 5.10 Å². The van der Waals surface area contributed by atoms with E-state index in [4.69, 9.17) is 0 Å². The summed E-state index contributed by atoms with van der Waals surface area (Å²) in [7, 11) is 1.72. The first-order valence-electron chi connectivity index (χ1n) is 9.46. The van der Waals surface area contributed by atoms with Gasteiger partial charge in [-0.25, -0.2) is 8.78 Å². The molecule has 0 unspecified atom stereocenters. The second kappa shape index (κ2) is 8.02. The Morgan fingerprint density at radius 1 is 1.10 bits per heavy atom. The van der Waals surface area contributed by atoms with Crippen molar-refractivity contribution in [1.29, 1.82) is 0 Å². The van der Waals surface area contributed by atoms with Gasteiger partial charge in [-0.3, -0.25) is 4.79 Å². The Labute approximate surface area is 172 Å². The lowest BCUT2D eigenvalue weighted by Crippen LogP contribution is -2.31. The summed E-state index contributed by atoms with van der Waals surface area (Å²) in [4.78, 5) is 15.8. The first-order valence-corrected chi connectivity index (χ1v) is 9.46. The molecule has 0 atom stereocenters. The van der Waals surface area contributed by atoms with E-state index in [1.54, 1.807) is 19.2 Å². The van der Waals surface area contributed by atoms with Crippen LogP contribution < -0.4 is 10.2 Å². The van der Waals surface area contributed by atoms with E-state index in [1.807, 2.05) is 12.1 Å². The minimum Gasteiger partial charge on any atom is -0.334 e. The molecule has 0 saturated heterocycles. The zero-order valence-electron chi connectivity index (χ0n) is 16.6. The number of hydrogen-bond acceptors (Lipinski definition) is 5. The summed E-state index contributed by atoms with van der Waals surface area (Å²) in [5.74, 6) is -2.04. The second-order valence-electron chi connectivity index (χ2n) is 7.14. The lowest BCUT2D eigenvalue weighted by molar-refractivity contribution is 0.101. The number of hydrogen-bond donors (Lipinski definition) is 1. The number of benzene rings is 2. The topological polar surface area (TPSA) is 75.9 Å². The van der Waals surface area contributed by atoms with Gasteiger partial charge in [-0.05, 0) is 54.0 Å². The van der Waals surface area contributed by atoms with Gasteiger partial charge in [-0.2, -0.15) is 4.80 Å². The number of aromatic nitrogens is 4. The van der Waals surface area contributed by atoms with Gasteiger partial charge in [0.1, 0.15) is 17.2 Å². The average Bonchev–Trinajstić information content (AvgIpc) is 3.15. The van der Waals surface area contributed by atoms with Crippen molar-refractivity contribution in [2.24, 2.45) is 7.05 Å². The molecule has 1 aliphatic heterocycles. The summed E-state index contributed by atoms with van der Waals surface area (Å²) >= 11 is 0. The van der Waals surface area contributed by atoms with Crippen LogP contribution in [0.3, 0.4) is 0 Å². The van der Waals surface area contributed by atoms with Crippen LogP contribution in [0, 0.1) is 11.6 Å². The SMILES string of the molecule is CC1=C(c2ccc(NC(=O)c3c(F)cccc3F)cc2)CN(c2nnn(C)n2)CC1. The molecule has 0 aliphatic carbocycles. The molecule has 30 heavy (non-hydrogen) atoms. The number of amides is 1. The first-order chi connectivity index (χ1) is 14.4. The zero-order valence-corrected chi connectivity index (χ0v) is 16.6. The Bertz CT molecular complexity index is 1100. The van der Waals surface area contributed by atoms with Crippen molar-refractivity contribution in [2.75, 3.05) is 23.3 Å². The molecule has 2 aromatic carbocycles. The largest absolute Gasteiger partial charge is 0.334 e. The number of anilines is 2. The van der Waals surface area contributed by atoms with Crippen molar-refractivity contribution in [3.63, 3.8) is 0 Å². The number of carbonyl (C=O) groups excluding carboxylic acids is 1. The fourth-order valence-electron chi connectivity index (χ4n) is 3.43. The minimum absolute atomic E-state index is 0.452. The monoisotopic (exact) mass is 410 g/mol. The van der Waals surface area contributed by atoms with Crippen molar-refractivity contribution < 1.29 is 13.6 Å². The summed E-state index contributed by atoms with van der Waals surface area (Å²) in [5, 5.41) is 14.8. The summed E-state index contributed by atoms with van der Waals surface area (Å²) < 4.78 is 27.6. The molecule has 7 nitrogen and oxygen atoms in total. The van der Waals surface area contributed by atoms with Gasteiger partial charge in [0.25, 0.3) is 11.9 Å². The molecule has 0 fully saturated rings. The Balaban J connectivity index is 1.51. The number of nitrogens with zero attached hydrogens (tertiary/aromatic N) is 5. The van der Waals surface area contributed by atoms with E-state index in [0.717, 1.165) is 36.2 Å². The lowest BCUT2D eigenvalue weighted by Gasteiger charge is -2.29. The number of aryl methyl sites for hydroxylation is 1. The summed E-state index contributed by atoms with van der Waals surface area (Å²) in [6, 6.07) is 10.5. The highest BCUT2D eigenvalue weighted by Gasteiger charge is 2.21. The third-order valence-corrected chi connectivity index (χ3v) is 5.08. The van der Waals surface area contributed by atoms with Crippen LogP contribution in [0.1, 0.15) is 29.3 Å². The van der Waals surface area contributed by atoms with Gasteiger partial charge >= 0.3 is 0 Å². The molecule has 1 aromatic heterocycles. The van der Waals surface area contributed by atoms with Gasteiger partial charge in [0, 0.05) is 18.8 Å². The van der Waals surface area contributed by atoms with Gasteiger partial charge in [0.05, 0.1) is 7.05 Å². The highest BCUT2D eigenvalue weighted by atomic mass is 19.1. The standard InChI is InChI=1S/C21H20F2N6O/c1-13-10-11-29(21-25-27-28(2)26-21)12-16(13)14-6-8-15(9-7-14)24-20(30)19-17(22)4-3-5-18(19)23/h3-9H,10-12H2,1-2H3,(H,24,30). The van der Waals surface area contributed by atoms with E-state index in [-0.39, 0.29) is 0 Å². The van der Waals surface area contributed by atoms with E-state index in [9.17, 15) is 13.6 Å². The van der Waals surface area contributed by atoms with Crippen molar-refractivity contribution in [3.8, 4) is 0 Å². The highest BCUT2D eigenvalue weighted by Crippen LogP contribution is 2.29. The molecule has 1 amide bonds. The van der Waals surface area contributed by atoms with E-state index in [1.165, 1.54) is 16.4 Å². The van der Waals surface area contributed by atoms with Gasteiger partial charge in [0.2, 0.25) is 0 Å². The Morgan fingerprint density at radius 3 is 2.43 bits per heavy atom. The van der Waals surface area contributed by atoms with Crippen LogP contribution >= 0.6 is 0 Å². The van der Waals surface area contributed by atoms with Gasteiger partial charge in [-0.1, -0.05) is 28.9 Å². The molecule has 1 aliphatic rings. The first kappa shape index (κ1) is 19.7. The van der Waals surface area contributed by atoms with Crippen LogP contribution in [-0.4, -0.2) is 39.2 Å². The van der Waals surface area contributed by atoms with Gasteiger partial charge < -0.3 is 10.2 Å². The maximum absolute atomic E-state index is 13.8. The predicted octanol–water partition coefficient (Wildman–Crippen LogP) is 3.42. The maximum atomic E-state index is 13.8. The molecule has 9 heteroatoms. The summed E-state index contributed by atoms with van der Waals surface area (Å²) in [6.07, 6.45) is 0.874. The predicted molar refractivity (Wildman–Crippen MR) is 109 cm³/mol. The Hall–Kier alpha value is -3.62. The summed E-state index contributed by atoms with van der Waals surface area (Å²) in [6.45, 7) is 3.54. The van der Waals surface area contributed by atoms with Crippen LogP contribution in [0.5, 0.6) is 0 Å². The van der Waals surface area contributed by atoms with Crippen LogP contribution in [0.15, 0.2) is 48.0 Å². The molecule has 154 valence electrons. The third-order valence-electron chi connectivity index (χ3n) is 5.08. The molecule has 0 saturated carbocycles. The average molecular weight is 410 g/mol. The molecular formula is C21H20F2N6O. The fourth-order valence-corrected chi connectivity index (χ4v) is 3.43. The Kier molecular flexibility index (Phi) is 5.26. The quantitative estimate of drug-likeness (QED) is 0.713. The van der Waals surface area contributed by atoms with Crippen LogP contribution in [0.2, 0.25) is 0 Å². The third kappa shape index (κ3) is 3.91. The second-order valence-corrected chi connectivity index (χ2v) is 7.14. The van der Waals surface area contributed by atoms with E-state index in [0.29, 0.717) is 18.2 Å². The molecule has 3 aromatic rings. The molecule has 0 spiro atoms. The van der Waals surface area contributed by atoms with Crippen LogP contribution in [0.25, 0.3) is 5.57 Å². The maximum Gasteiger partial charge on any atom is 0.266 e. The summed E-state index contributed by atoms with van der Waals surface area (Å²) in [5.41, 5.74) is 3.26. The van der Waals surface area contributed by atoms with E-state index in [2.05, 4.69) is 32.6 Å². The van der Waals surface area contributed by atoms with Crippen molar-refractivity contribution in [1.82, 2.24) is 20.2 Å². The molecule has 1 N–H and O–H groups in total. The number of halogens is 2. The van der Waals surface area contributed by atoms with Crippen LogP contribution in [0.4, 0.5) is 20.4 Å². The number of nitrogens with one attached hydrogen (secondary N) is 1. The Morgan fingerprint density at radius 2 is 1.80 bits per heavy atom. The smallest absolute Gasteiger partial charge is 0.266 e.